The van der Waals surface area contributed by atoms with Gasteiger partial charge in [-0.1, -0.05) is 17.3 Å². The molecule has 0 unspecified atom stereocenters. The zero-order chi connectivity index (χ0) is 15.0. The molecule has 0 bridgehead atoms. The molecule has 2 heterocycles. The Morgan fingerprint density at radius 1 is 1.33 bits per heavy atom. The van der Waals surface area contributed by atoms with E-state index in [-0.39, 0.29) is 0 Å². The highest BCUT2D eigenvalue weighted by molar-refractivity contribution is 5.93. The van der Waals surface area contributed by atoms with E-state index < -0.39 is 6.09 Å². The second kappa shape index (κ2) is 5.05. The molecule has 6 nitrogen and oxygen atoms in total. The molecule has 6 heteroatoms. The summed E-state index contributed by atoms with van der Waals surface area (Å²) < 4.78 is 11.7. The molecule has 0 aliphatic heterocycles. The van der Waals surface area contributed by atoms with Crippen molar-refractivity contribution in [2.75, 3.05) is 6.61 Å². The fraction of sp³-hybridized carbons (Fsp3) is 0.267. The number of fused-ring (bicyclic) bond motifs is 1. The summed E-state index contributed by atoms with van der Waals surface area (Å²) in [5.74, 6) is 0.621. The van der Waals surface area contributed by atoms with Crippen LogP contribution in [0.5, 0.6) is 0 Å². The lowest BCUT2D eigenvalue weighted by Crippen LogP contribution is -2.16. The van der Waals surface area contributed by atoms with Crippen molar-refractivity contribution in [2.24, 2.45) is 0 Å². The molecule has 0 aliphatic carbocycles. The predicted molar refractivity (Wildman–Crippen MR) is 77.1 cm³/mol. The fourth-order valence-electron chi connectivity index (χ4n) is 2.40. The minimum atomic E-state index is -0.492. The zero-order valence-corrected chi connectivity index (χ0v) is 12.1. The van der Waals surface area contributed by atoms with E-state index in [1.54, 1.807) is 6.92 Å². The van der Waals surface area contributed by atoms with E-state index in [1.807, 2.05) is 38.1 Å². The molecule has 0 aliphatic rings. The Bertz CT molecular complexity index is 817. The summed E-state index contributed by atoms with van der Waals surface area (Å²) in [6.45, 7) is 5.70. The summed E-state index contributed by atoms with van der Waals surface area (Å²) in [6.07, 6.45) is -0.492. The molecule has 108 valence electrons. The van der Waals surface area contributed by atoms with E-state index >= 15 is 0 Å². The molecule has 2 aromatic heterocycles. The van der Waals surface area contributed by atoms with Crippen molar-refractivity contribution in [3.63, 3.8) is 0 Å². The van der Waals surface area contributed by atoms with Crippen LogP contribution < -0.4 is 0 Å². The third-order valence-electron chi connectivity index (χ3n) is 3.34. The van der Waals surface area contributed by atoms with Gasteiger partial charge in [-0.25, -0.2) is 4.79 Å². The summed E-state index contributed by atoms with van der Waals surface area (Å²) in [5, 5.41) is 9.18. The standard InChI is InChI=1S/C15H15N3O3/c1-4-20-15(19)18-10(3)13(9(2)16-18)14-11-7-5-6-8-12(11)17-21-14/h5-8H,4H2,1-3H3. The molecule has 1 aromatic carbocycles. The van der Waals surface area contributed by atoms with Crippen LogP contribution in [0.25, 0.3) is 22.2 Å². The first-order valence-corrected chi connectivity index (χ1v) is 6.71. The minimum absolute atomic E-state index is 0.303. The maximum Gasteiger partial charge on any atom is 0.434 e. The maximum atomic E-state index is 11.9. The predicted octanol–water partition coefficient (Wildman–Crippen LogP) is 3.31. The molecule has 0 saturated carbocycles. The highest BCUT2D eigenvalue weighted by atomic mass is 16.6. The number of carbonyl (C=O) groups is 1. The van der Waals surface area contributed by atoms with Crippen molar-refractivity contribution in [1.82, 2.24) is 14.9 Å². The maximum absolute atomic E-state index is 11.9. The molecular weight excluding hydrogens is 270 g/mol. The van der Waals surface area contributed by atoms with Crippen LogP contribution in [0.1, 0.15) is 18.3 Å². The van der Waals surface area contributed by atoms with Gasteiger partial charge in [-0.3, -0.25) is 0 Å². The average Bonchev–Trinajstić information content (AvgIpc) is 3.00. The average molecular weight is 285 g/mol. The van der Waals surface area contributed by atoms with Crippen LogP contribution >= 0.6 is 0 Å². The summed E-state index contributed by atoms with van der Waals surface area (Å²) in [5.41, 5.74) is 2.92. The van der Waals surface area contributed by atoms with Crippen molar-refractivity contribution in [3.8, 4) is 11.3 Å². The van der Waals surface area contributed by atoms with Crippen molar-refractivity contribution in [3.05, 3.63) is 35.7 Å². The van der Waals surface area contributed by atoms with E-state index in [4.69, 9.17) is 9.26 Å². The molecule has 0 atom stereocenters. The number of hydrogen-bond acceptors (Lipinski definition) is 5. The molecule has 0 spiro atoms. The largest absolute Gasteiger partial charge is 0.448 e. The lowest BCUT2D eigenvalue weighted by Gasteiger charge is -2.03. The van der Waals surface area contributed by atoms with Crippen molar-refractivity contribution in [1.29, 1.82) is 0 Å². The van der Waals surface area contributed by atoms with Gasteiger partial charge in [-0.05, 0) is 32.9 Å². The third-order valence-corrected chi connectivity index (χ3v) is 3.34. The van der Waals surface area contributed by atoms with Gasteiger partial charge in [0.1, 0.15) is 5.52 Å². The monoisotopic (exact) mass is 285 g/mol. The SMILES string of the molecule is CCOC(=O)n1nc(C)c(-c2onc3ccccc23)c1C. The smallest absolute Gasteiger partial charge is 0.434 e. The normalized spacial score (nSPS) is 11.0. The molecule has 0 saturated heterocycles. The van der Waals surface area contributed by atoms with Gasteiger partial charge in [0.2, 0.25) is 0 Å². The molecule has 0 radical (unpaired) electrons. The second-order valence-electron chi connectivity index (χ2n) is 4.69. The van der Waals surface area contributed by atoms with Gasteiger partial charge in [0.25, 0.3) is 0 Å². The van der Waals surface area contributed by atoms with Crippen molar-refractivity contribution < 1.29 is 14.1 Å². The van der Waals surface area contributed by atoms with Crippen LogP contribution in [0.3, 0.4) is 0 Å². The lowest BCUT2D eigenvalue weighted by atomic mass is 10.1. The highest BCUT2D eigenvalue weighted by Crippen LogP contribution is 2.33. The van der Waals surface area contributed by atoms with E-state index in [1.165, 1.54) is 4.68 Å². The van der Waals surface area contributed by atoms with Crippen LogP contribution in [0.4, 0.5) is 4.79 Å². The van der Waals surface area contributed by atoms with E-state index in [9.17, 15) is 4.79 Å². The van der Waals surface area contributed by atoms with Crippen LogP contribution in [0.2, 0.25) is 0 Å². The molecule has 0 N–H and O–H groups in total. The van der Waals surface area contributed by atoms with Gasteiger partial charge in [0.05, 0.1) is 23.6 Å². The molecule has 0 fully saturated rings. The number of rotatable bonds is 2. The third kappa shape index (κ3) is 2.08. The fourth-order valence-corrected chi connectivity index (χ4v) is 2.40. The highest BCUT2D eigenvalue weighted by Gasteiger charge is 2.22. The number of carbonyl (C=O) groups excluding carboxylic acids is 1. The van der Waals surface area contributed by atoms with Gasteiger partial charge in [-0.2, -0.15) is 9.78 Å². The van der Waals surface area contributed by atoms with Gasteiger partial charge in [0, 0.05) is 5.39 Å². The number of hydrogen-bond donors (Lipinski definition) is 0. The van der Waals surface area contributed by atoms with Crippen LogP contribution in [0, 0.1) is 13.8 Å². The van der Waals surface area contributed by atoms with Crippen molar-refractivity contribution >= 4 is 17.0 Å². The number of benzene rings is 1. The number of ether oxygens (including phenoxy) is 1. The van der Waals surface area contributed by atoms with E-state index in [0.29, 0.717) is 23.8 Å². The lowest BCUT2D eigenvalue weighted by molar-refractivity contribution is 0.149. The van der Waals surface area contributed by atoms with E-state index in [0.717, 1.165) is 16.5 Å². The Hall–Kier alpha value is -2.63. The van der Waals surface area contributed by atoms with Crippen LogP contribution in [0.15, 0.2) is 28.8 Å². The Labute approximate surface area is 121 Å². The number of nitrogens with zero attached hydrogens (tertiary/aromatic N) is 3. The van der Waals surface area contributed by atoms with Crippen LogP contribution in [-0.4, -0.2) is 27.6 Å². The van der Waals surface area contributed by atoms with Gasteiger partial charge in [0.15, 0.2) is 5.76 Å². The molecular formula is C15H15N3O3. The van der Waals surface area contributed by atoms with E-state index in [2.05, 4.69) is 10.3 Å². The topological polar surface area (TPSA) is 70.2 Å². The summed E-state index contributed by atoms with van der Waals surface area (Å²) in [4.78, 5) is 11.9. The van der Waals surface area contributed by atoms with Gasteiger partial charge >= 0.3 is 6.09 Å². The molecule has 3 aromatic rings. The first-order valence-electron chi connectivity index (χ1n) is 6.71. The van der Waals surface area contributed by atoms with Crippen molar-refractivity contribution in [2.45, 2.75) is 20.8 Å². The molecule has 21 heavy (non-hydrogen) atoms. The Balaban J connectivity index is 2.17. The quantitative estimate of drug-likeness (QED) is 0.722. The van der Waals surface area contributed by atoms with Gasteiger partial charge in [-0.15, -0.1) is 0 Å². The summed E-state index contributed by atoms with van der Waals surface area (Å²) in [6, 6.07) is 7.63. The van der Waals surface area contributed by atoms with Crippen LogP contribution in [-0.2, 0) is 4.74 Å². The molecule has 0 amide bonds. The summed E-state index contributed by atoms with van der Waals surface area (Å²) >= 11 is 0. The van der Waals surface area contributed by atoms with Gasteiger partial charge < -0.3 is 9.26 Å². The first-order chi connectivity index (χ1) is 10.1. The Kier molecular flexibility index (Phi) is 3.21. The number of aryl methyl sites for hydroxylation is 1. The minimum Gasteiger partial charge on any atom is -0.448 e. The Morgan fingerprint density at radius 3 is 2.86 bits per heavy atom. The first kappa shape index (κ1) is 13.4. The number of aromatic nitrogens is 3. The molecule has 3 rings (SSSR count). The Morgan fingerprint density at radius 2 is 2.10 bits per heavy atom. The zero-order valence-electron chi connectivity index (χ0n) is 12.1. The second-order valence-corrected chi connectivity index (χ2v) is 4.69. The summed E-state index contributed by atoms with van der Waals surface area (Å²) in [7, 11) is 0.